The van der Waals surface area contributed by atoms with Gasteiger partial charge in [0.05, 0.1) is 17.9 Å². The van der Waals surface area contributed by atoms with Crippen LogP contribution in [0.3, 0.4) is 0 Å². The summed E-state index contributed by atoms with van der Waals surface area (Å²) in [5.74, 6) is -0.369. The van der Waals surface area contributed by atoms with Gasteiger partial charge < -0.3 is 4.57 Å². The first-order valence-corrected chi connectivity index (χ1v) is 12.9. The second-order valence-corrected chi connectivity index (χ2v) is 10.2. The lowest BCUT2D eigenvalue weighted by molar-refractivity contribution is -0.121. The molecule has 0 spiro atoms. The van der Waals surface area contributed by atoms with Crippen LogP contribution in [0.25, 0.3) is 21.1 Å². The molecule has 0 bridgehead atoms. The zero-order valence-electron chi connectivity index (χ0n) is 19.7. The van der Waals surface area contributed by atoms with Gasteiger partial charge in [-0.2, -0.15) is 5.10 Å². The standard InChI is InChI=1S/C28H25N5O2S/c34-25(17-33-18-29-27-26(28(33)35)22-11-5-7-13-24(22)36-27)31-30-14-20-16-32(15-19-8-2-1-3-9-19)23-12-6-4-10-21(20)23/h1-4,6,8-10,12,14,16,18H,5,7,11,13,15,17H2,(H,31,34)/b30-14+. The van der Waals surface area contributed by atoms with Crippen LogP contribution >= 0.6 is 11.3 Å². The number of nitrogens with zero attached hydrogens (tertiary/aromatic N) is 4. The minimum absolute atomic E-state index is 0.125. The molecule has 0 atom stereocenters. The second-order valence-electron chi connectivity index (χ2n) is 9.08. The van der Waals surface area contributed by atoms with Gasteiger partial charge in [-0.25, -0.2) is 10.4 Å². The lowest BCUT2D eigenvalue weighted by atomic mass is 9.97. The topological polar surface area (TPSA) is 81.3 Å². The summed E-state index contributed by atoms with van der Waals surface area (Å²) in [6.07, 6.45) is 9.31. The number of nitrogens with one attached hydrogen (secondary N) is 1. The lowest BCUT2D eigenvalue weighted by Crippen LogP contribution is -2.30. The van der Waals surface area contributed by atoms with Gasteiger partial charge in [0.15, 0.2) is 0 Å². The van der Waals surface area contributed by atoms with Crippen molar-refractivity contribution in [3.8, 4) is 0 Å². The van der Waals surface area contributed by atoms with Crippen LogP contribution in [0.15, 0.2) is 77.0 Å². The number of amides is 1. The first kappa shape index (κ1) is 22.4. The quantitative estimate of drug-likeness (QED) is 0.278. The number of aryl methyl sites for hydroxylation is 2. The summed E-state index contributed by atoms with van der Waals surface area (Å²) >= 11 is 1.61. The van der Waals surface area contributed by atoms with E-state index in [1.54, 1.807) is 17.6 Å². The van der Waals surface area contributed by atoms with Crippen molar-refractivity contribution in [1.82, 2.24) is 19.5 Å². The monoisotopic (exact) mass is 495 g/mol. The molecule has 0 aliphatic heterocycles. The van der Waals surface area contributed by atoms with Crippen molar-refractivity contribution in [3.05, 3.63) is 99.0 Å². The molecule has 0 saturated heterocycles. The largest absolute Gasteiger partial charge is 0.342 e. The molecule has 1 N–H and O–H groups in total. The fourth-order valence-electron chi connectivity index (χ4n) is 4.95. The van der Waals surface area contributed by atoms with E-state index in [1.165, 1.54) is 21.3 Å². The number of benzene rings is 2. The molecule has 1 aliphatic rings. The molecule has 1 aliphatic carbocycles. The van der Waals surface area contributed by atoms with Crippen LogP contribution in [0, 0.1) is 0 Å². The molecule has 0 saturated carbocycles. The number of carbonyl (C=O) groups excluding carboxylic acids is 1. The van der Waals surface area contributed by atoms with E-state index in [1.807, 2.05) is 42.6 Å². The van der Waals surface area contributed by atoms with E-state index >= 15 is 0 Å². The van der Waals surface area contributed by atoms with E-state index < -0.39 is 0 Å². The van der Waals surface area contributed by atoms with Crippen molar-refractivity contribution < 1.29 is 4.79 Å². The maximum absolute atomic E-state index is 13.1. The first-order valence-electron chi connectivity index (χ1n) is 12.1. The van der Waals surface area contributed by atoms with Gasteiger partial charge in [0.1, 0.15) is 11.4 Å². The smallest absolute Gasteiger partial charge is 0.262 e. The fourth-order valence-corrected chi connectivity index (χ4v) is 6.17. The molecule has 3 heterocycles. The van der Waals surface area contributed by atoms with Crippen LogP contribution in [0.2, 0.25) is 0 Å². The Bertz CT molecular complexity index is 1660. The zero-order valence-corrected chi connectivity index (χ0v) is 20.5. The highest BCUT2D eigenvalue weighted by molar-refractivity contribution is 7.18. The Balaban J connectivity index is 1.19. The summed E-state index contributed by atoms with van der Waals surface area (Å²) in [7, 11) is 0. The summed E-state index contributed by atoms with van der Waals surface area (Å²) in [5, 5.41) is 5.92. The van der Waals surface area contributed by atoms with Gasteiger partial charge >= 0.3 is 0 Å². The fraction of sp³-hybridized carbons (Fsp3) is 0.214. The number of rotatable bonds is 6. The van der Waals surface area contributed by atoms with Gasteiger partial charge in [-0.3, -0.25) is 14.2 Å². The molecule has 7 nitrogen and oxygen atoms in total. The van der Waals surface area contributed by atoms with E-state index in [4.69, 9.17) is 0 Å². The van der Waals surface area contributed by atoms with Crippen molar-refractivity contribution in [2.75, 3.05) is 0 Å². The molecule has 0 unspecified atom stereocenters. The summed E-state index contributed by atoms with van der Waals surface area (Å²) in [4.78, 5) is 32.2. The molecular weight excluding hydrogens is 470 g/mol. The van der Waals surface area contributed by atoms with E-state index in [0.717, 1.165) is 59.1 Å². The van der Waals surface area contributed by atoms with E-state index in [9.17, 15) is 9.59 Å². The average Bonchev–Trinajstić information content (AvgIpc) is 3.45. The second kappa shape index (κ2) is 9.54. The van der Waals surface area contributed by atoms with Crippen LogP contribution in [-0.2, 0) is 30.7 Å². The SMILES string of the molecule is O=C(Cn1cnc2sc3c(c2c1=O)CCCC3)N/N=C/c1cn(Cc2ccccc2)c2ccccc12. The summed E-state index contributed by atoms with van der Waals surface area (Å²) in [5.41, 5.74) is 6.76. The van der Waals surface area contributed by atoms with Crippen molar-refractivity contribution in [2.24, 2.45) is 5.10 Å². The number of hydrogen-bond donors (Lipinski definition) is 1. The highest BCUT2D eigenvalue weighted by Gasteiger charge is 2.20. The lowest BCUT2D eigenvalue weighted by Gasteiger charge is -2.10. The molecular formula is C28H25N5O2S. The number of para-hydroxylation sites is 1. The van der Waals surface area contributed by atoms with Crippen LogP contribution in [0.1, 0.15) is 34.4 Å². The summed E-state index contributed by atoms with van der Waals surface area (Å²) in [6, 6.07) is 18.4. The maximum atomic E-state index is 13.1. The van der Waals surface area contributed by atoms with Crippen molar-refractivity contribution in [3.63, 3.8) is 0 Å². The number of fused-ring (bicyclic) bond motifs is 4. The Labute approximate surface area is 211 Å². The molecule has 5 aromatic rings. The van der Waals surface area contributed by atoms with Crippen LogP contribution in [0.5, 0.6) is 0 Å². The minimum atomic E-state index is -0.369. The average molecular weight is 496 g/mol. The van der Waals surface area contributed by atoms with Crippen LogP contribution in [-0.4, -0.2) is 26.2 Å². The van der Waals surface area contributed by atoms with Crippen LogP contribution in [0.4, 0.5) is 0 Å². The van der Waals surface area contributed by atoms with Gasteiger partial charge in [0, 0.05) is 34.1 Å². The van der Waals surface area contributed by atoms with E-state index in [2.05, 4.69) is 38.3 Å². The Hall–Kier alpha value is -4.04. The number of hydrazone groups is 1. The third-order valence-corrected chi connectivity index (χ3v) is 7.86. The maximum Gasteiger partial charge on any atom is 0.262 e. The molecule has 0 radical (unpaired) electrons. The Morgan fingerprint density at radius 3 is 2.75 bits per heavy atom. The number of carbonyl (C=O) groups is 1. The number of thiophene rings is 1. The van der Waals surface area contributed by atoms with Gasteiger partial charge in [-0.15, -0.1) is 11.3 Å². The first-order chi connectivity index (χ1) is 17.7. The van der Waals surface area contributed by atoms with Gasteiger partial charge in [-0.05, 0) is 42.9 Å². The molecule has 2 aromatic carbocycles. The minimum Gasteiger partial charge on any atom is -0.342 e. The van der Waals surface area contributed by atoms with Crippen molar-refractivity contribution in [2.45, 2.75) is 38.8 Å². The molecule has 3 aromatic heterocycles. The molecule has 8 heteroatoms. The van der Waals surface area contributed by atoms with Gasteiger partial charge in [0.25, 0.3) is 11.5 Å². The predicted molar refractivity (Wildman–Crippen MR) is 144 cm³/mol. The van der Waals surface area contributed by atoms with Gasteiger partial charge in [-0.1, -0.05) is 48.5 Å². The summed E-state index contributed by atoms with van der Waals surface area (Å²) < 4.78 is 3.55. The van der Waals surface area contributed by atoms with Crippen molar-refractivity contribution >= 4 is 44.6 Å². The van der Waals surface area contributed by atoms with Gasteiger partial charge in [0.2, 0.25) is 0 Å². The van der Waals surface area contributed by atoms with Crippen molar-refractivity contribution in [1.29, 1.82) is 0 Å². The molecule has 6 rings (SSSR count). The predicted octanol–water partition coefficient (Wildman–Crippen LogP) is 4.49. The molecule has 0 fully saturated rings. The normalized spacial score (nSPS) is 13.4. The molecule has 180 valence electrons. The van der Waals surface area contributed by atoms with E-state index in [-0.39, 0.29) is 18.0 Å². The molecule has 36 heavy (non-hydrogen) atoms. The zero-order chi connectivity index (χ0) is 24.5. The third kappa shape index (κ3) is 4.24. The molecule has 1 amide bonds. The number of aromatic nitrogens is 3. The number of hydrogen-bond acceptors (Lipinski definition) is 5. The highest BCUT2D eigenvalue weighted by Crippen LogP contribution is 2.33. The Kier molecular flexibility index (Phi) is 5.95. The highest BCUT2D eigenvalue weighted by atomic mass is 32.1. The van der Waals surface area contributed by atoms with E-state index in [0.29, 0.717) is 5.39 Å². The Morgan fingerprint density at radius 2 is 1.86 bits per heavy atom. The summed E-state index contributed by atoms with van der Waals surface area (Å²) in [6.45, 7) is 0.617. The van der Waals surface area contributed by atoms with Crippen LogP contribution < -0.4 is 11.0 Å². The third-order valence-electron chi connectivity index (χ3n) is 6.66. The Morgan fingerprint density at radius 1 is 1.06 bits per heavy atom.